The summed E-state index contributed by atoms with van der Waals surface area (Å²) in [5.41, 5.74) is 3.78. The van der Waals surface area contributed by atoms with Gasteiger partial charge < -0.3 is 13.6 Å². The molecule has 6 atom stereocenters. The first kappa shape index (κ1) is 29.0. The maximum absolute atomic E-state index is 13.0. The van der Waals surface area contributed by atoms with Crippen molar-refractivity contribution < 1.29 is 13.6 Å². The number of hydrogen-bond acceptors (Lipinski definition) is 4. The molecule has 1 aromatic heterocycles. The van der Waals surface area contributed by atoms with Gasteiger partial charge in [0.15, 0.2) is 13.7 Å². The standard InChI is InChI=1S/C31H50O4Si/c1-15-23(35-36(13,14)29(7,8)9)18(2)16-19(3)24-20(4)17-30(10)26(24)31(30,11)27-21(5)25(32)22(6)28(33-12)34-27/h16-18,23-24,26H,15H2,1-14H3/b19-16+/t18-,23-,24+,26-,30+,31-/m1/s1. The first-order chi connectivity index (χ1) is 16.4. The highest BCUT2D eigenvalue weighted by Gasteiger charge is 2.77. The van der Waals surface area contributed by atoms with Gasteiger partial charge in [-0.2, -0.15) is 0 Å². The van der Waals surface area contributed by atoms with Crippen LogP contribution in [0.2, 0.25) is 18.1 Å². The summed E-state index contributed by atoms with van der Waals surface area (Å²) in [6.07, 6.45) is 6.10. The molecule has 1 fully saturated rings. The second-order valence-corrected chi connectivity index (χ2v) is 18.2. The number of ether oxygens (including phenoxy) is 1. The molecule has 0 saturated heterocycles. The number of rotatable bonds is 8. The molecule has 2 aliphatic rings. The largest absolute Gasteiger partial charge is 0.468 e. The lowest BCUT2D eigenvalue weighted by atomic mass is 9.81. The van der Waals surface area contributed by atoms with Crippen LogP contribution in [-0.4, -0.2) is 21.5 Å². The van der Waals surface area contributed by atoms with Crippen LogP contribution in [0.15, 0.2) is 32.5 Å². The van der Waals surface area contributed by atoms with Gasteiger partial charge >= 0.3 is 0 Å². The van der Waals surface area contributed by atoms with Gasteiger partial charge in [0, 0.05) is 22.3 Å². The molecule has 0 spiro atoms. The maximum Gasteiger partial charge on any atom is 0.291 e. The van der Waals surface area contributed by atoms with Crippen molar-refractivity contribution in [2.45, 2.75) is 112 Å². The predicted octanol–water partition coefficient (Wildman–Crippen LogP) is 8.12. The summed E-state index contributed by atoms with van der Waals surface area (Å²) in [6, 6.07) is 0. The number of hydrogen-bond donors (Lipinski definition) is 0. The minimum Gasteiger partial charge on any atom is -0.468 e. The lowest BCUT2D eigenvalue weighted by Crippen LogP contribution is -2.45. The molecule has 3 rings (SSSR count). The van der Waals surface area contributed by atoms with Crippen molar-refractivity contribution in [2.75, 3.05) is 7.11 Å². The quantitative estimate of drug-likeness (QED) is 0.260. The molecule has 0 bridgehead atoms. The number of methoxy groups -OCH3 is 1. The Balaban J connectivity index is 1.96. The van der Waals surface area contributed by atoms with E-state index in [-0.39, 0.29) is 27.4 Å². The van der Waals surface area contributed by atoms with Crippen molar-refractivity contribution in [3.63, 3.8) is 0 Å². The van der Waals surface area contributed by atoms with E-state index < -0.39 is 8.32 Å². The van der Waals surface area contributed by atoms with Crippen molar-refractivity contribution in [1.82, 2.24) is 0 Å². The Morgan fingerprint density at radius 2 is 1.78 bits per heavy atom. The fourth-order valence-electron chi connectivity index (χ4n) is 6.78. The fraction of sp³-hybridized carbons (Fsp3) is 0.710. The molecule has 36 heavy (non-hydrogen) atoms. The highest BCUT2D eigenvalue weighted by molar-refractivity contribution is 6.74. The van der Waals surface area contributed by atoms with Gasteiger partial charge in [0.1, 0.15) is 5.76 Å². The zero-order chi connectivity index (χ0) is 27.6. The van der Waals surface area contributed by atoms with Crippen LogP contribution in [0.5, 0.6) is 5.95 Å². The Kier molecular flexibility index (Phi) is 7.49. The maximum atomic E-state index is 13.0. The second-order valence-electron chi connectivity index (χ2n) is 13.4. The van der Waals surface area contributed by atoms with E-state index in [1.807, 2.05) is 6.92 Å². The first-order valence-electron chi connectivity index (χ1n) is 13.6. The van der Waals surface area contributed by atoms with Crippen LogP contribution in [0, 0.1) is 37.0 Å². The van der Waals surface area contributed by atoms with Gasteiger partial charge in [0.2, 0.25) is 0 Å². The Labute approximate surface area is 220 Å². The zero-order valence-corrected chi connectivity index (χ0v) is 26.3. The molecule has 1 heterocycles. The second kappa shape index (κ2) is 9.30. The molecule has 0 unspecified atom stereocenters. The third-order valence-corrected chi connectivity index (χ3v) is 14.6. The molecule has 202 valence electrons. The monoisotopic (exact) mass is 514 g/mol. The van der Waals surface area contributed by atoms with Crippen LogP contribution < -0.4 is 10.2 Å². The summed E-state index contributed by atoms with van der Waals surface area (Å²) < 4.78 is 18.6. The van der Waals surface area contributed by atoms with Crippen molar-refractivity contribution in [3.05, 3.63) is 50.4 Å². The van der Waals surface area contributed by atoms with Crippen molar-refractivity contribution >= 4 is 8.32 Å². The molecule has 0 aliphatic heterocycles. The highest BCUT2D eigenvalue weighted by atomic mass is 28.4. The van der Waals surface area contributed by atoms with Gasteiger partial charge in [-0.25, -0.2) is 0 Å². The summed E-state index contributed by atoms with van der Waals surface area (Å²) in [4.78, 5) is 13.0. The van der Waals surface area contributed by atoms with E-state index in [0.29, 0.717) is 34.8 Å². The minimum absolute atomic E-state index is 0.0228. The third-order valence-electron chi connectivity index (χ3n) is 10.1. The van der Waals surface area contributed by atoms with E-state index in [2.05, 4.69) is 87.6 Å². The van der Waals surface area contributed by atoms with E-state index in [1.165, 1.54) is 11.1 Å². The normalized spacial score (nSPS) is 30.1. The lowest BCUT2D eigenvalue weighted by Gasteiger charge is -2.40. The zero-order valence-electron chi connectivity index (χ0n) is 25.3. The summed E-state index contributed by atoms with van der Waals surface area (Å²) in [5, 5.41) is 0.193. The van der Waals surface area contributed by atoms with E-state index in [0.717, 1.165) is 12.2 Å². The Morgan fingerprint density at radius 1 is 1.19 bits per heavy atom. The molecule has 1 aromatic rings. The summed E-state index contributed by atoms with van der Waals surface area (Å²) in [6.45, 7) is 28.9. The molecule has 5 heteroatoms. The van der Waals surface area contributed by atoms with Gasteiger partial charge in [0.05, 0.1) is 18.8 Å². The smallest absolute Gasteiger partial charge is 0.291 e. The molecular weight excluding hydrogens is 464 g/mol. The number of allylic oxidation sites excluding steroid dienone is 3. The van der Waals surface area contributed by atoms with Crippen molar-refractivity contribution in [1.29, 1.82) is 0 Å². The average Bonchev–Trinajstić information content (AvgIpc) is 3.07. The lowest BCUT2D eigenvalue weighted by molar-refractivity contribution is 0.141. The molecule has 0 N–H and O–H groups in total. The summed E-state index contributed by atoms with van der Waals surface area (Å²) in [5.74, 6) is 2.12. The first-order valence-corrected chi connectivity index (χ1v) is 16.5. The Bertz CT molecular complexity index is 1130. The van der Waals surface area contributed by atoms with Crippen LogP contribution in [0.4, 0.5) is 0 Å². The fourth-order valence-corrected chi connectivity index (χ4v) is 8.27. The van der Waals surface area contributed by atoms with Crippen LogP contribution in [-0.2, 0) is 9.84 Å². The number of fused-ring (bicyclic) bond motifs is 1. The minimum atomic E-state index is -1.85. The Morgan fingerprint density at radius 3 is 2.28 bits per heavy atom. The third kappa shape index (κ3) is 4.28. The van der Waals surface area contributed by atoms with Crippen LogP contribution in [0.3, 0.4) is 0 Å². The molecule has 2 aliphatic carbocycles. The van der Waals surface area contributed by atoms with Gasteiger partial charge in [0.25, 0.3) is 5.95 Å². The van der Waals surface area contributed by atoms with Crippen LogP contribution in [0.1, 0.15) is 85.6 Å². The van der Waals surface area contributed by atoms with Crippen molar-refractivity contribution in [3.8, 4) is 5.95 Å². The molecular formula is C31H50O4Si. The van der Waals surface area contributed by atoms with Crippen LogP contribution >= 0.6 is 0 Å². The molecule has 1 saturated carbocycles. The van der Waals surface area contributed by atoms with Gasteiger partial charge in [-0.05, 0) is 64.1 Å². The molecule has 0 aromatic carbocycles. The highest BCUT2D eigenvalue weighted by Crippen LogP contribution is 2.78. The van der Waals surface area contributed by atoms with E-state index in [9.17, 15) is 4.79 Å². The molecule has 0 radical (unpaired) electrons. The van der Waals surface area contributed by atoms with E-state index >= 15 is 0 Å². The van der Waals surface area contributed by atoms with E-state index in [4.69, 9.17) is 13.6 Å². The van der Waals surface area contributed by atoms with Crippen LogP contribution in [0.25, 0.3) is 0 Å². The topological polar surface area (TPSA) is 48.7 Å². The average molecular weight is 515 g/mol. The SMILES string of the molecule is CC[C@@H](O[Si](C)(C)C(C)(C)C)[C@H](C)/C=C(\C)[C@H]1C(C)=C[C@@]2(C)[C@@H]1[C@]2(C)c1oc(OC)c(C)c(=O)c1C. The van der Waals surface area contributed by atoms with Crippen molar-refractivity contribution in [2.24, 2.45) is 23.2 Å². The van der Waals surface area contributed by atoms with E-state index in [1.54, 1.807) is 14.0 Å². The predicted molar refractivity (Wildman–Crippen MR) is 152 cm³/mol. The van der Waals surface area contributed by atoms with Gasteiger partial charge in [-0.15, -0.1) is 0 Å². The van der Waals surface area contributed by atoms with Gasteiger partial charge in [-0.3, -0.25) is 4.79 Å². The Hall–Kier alpha value is -1.59. The van der Waals surface area contributed by atoms with Gasteiger partial charge in [-0.1, -0.05) is 71.8 Å². The molecule has 4 nitrogen and oxygen atoms in total. The summed E-state index contributed by atoms with van der Waals surface area (Å²) in [7, 11) is -0.283. The summed E-state index contributed by atoms with van der Waals surface area (Å²) >= 11 is 0. The molecule has 0 amide bonds.